The predicted molar refractivity (Wildman–Crippen MR) is 131 cm³/mol. The molecule has 1 aliphatic rings. The van der Waals surface area contributed by atoms with Gasteiger partial charge in [-0.1, -0.05) is 37.2 Å². The summed E-state index contributed by atoms with van der Waals surface area (Å²) in [6.45, 7) is 9.88. The first-order chi connectivity index (χ1) is 15.9. The van der Waals surface area contributed by atoms with Gasteiger partial charge in [0.2, 0.25) is 5.91 Å². The zero-order chi connectivity index (χ0) is 24.0. The average Bonchev–Trinajstić information content (AvgIpc) is 2.83. The molecule has 1 fully saturated rings. The number of aromatic nitrogens is 3. The minimum absolute atomic E-state index is 0.0583. The normalized spacial score (nSPS) is 13.0. The number of aryl methyl sites for hydroxylation is 1. The van der Waals surface area contributed by atoms with Crippen molar-refractivity contribution in [1.82, 2.24) is 25.2 Å². The van der Waals surface area contributed by atoms with Crippen LogP contribution in [0.15, 0.2) is 42.2 Å². The van der Waals surface area contributed by atoms with Crippen molar-refractivity contribution >= 4 is 58.5 Å². The van der Waals surface area contributed by atoms with E-state index in [4.69, 9.17) is 17.3 Å². The number of hydrogen-bond donors (Lipinski definition) is 2. The van der Waals surface area contributed by atoms with Gasteiger partial charge in [-0.25, -0.2) is 15.0 Å². The highest BCUT2D eigenvalue weighted by molar-refractivity contribution is 6.36. The number of hydrogen-bond acceptors (Lipinski definition) is 7. The van der Waals surface area contributed by atoms with Gasteiger partial charge in [0.15, 0.2) is 5.82 Å². The fraction of sp³-hybridized carbons (Fsp3) is 0.217. The molecule has 0 unspecified atom stereocenters. The molecule has 0 spiro atoms. The molecule has 0 aliphatic carbocycles. The number of nitrogens with two attached hydrogens (primary N) is 1. The third-order valence-corrected chi connectivity index (χ3v) is 5.30. The number of pyridine rings is 1. The molecule has 170 valence electrons. The fourth-order valence-electron chi connectivity index (χ4n) is 3.34. The Labute approximate surface area is 196 Å². The van der Waals surface area contributed by atoms with E-state index in [0.29, 0.717) is 46.4 Å². The molecule has 0 atom stereocenters. The molecule has 33 heavy (non-hydrogen) atoms. The van der Waals surface area contributed by atoms with Crippen molar-refractivity contribution in [3.63, 3.8) is 0 Å². The summed E-state index contributed by atoms with van der Waals surface area (Å²) in [6, 6.07) is 7.46. The third-order valence-electron chi connectivity index (χ3n) is 4.98. The standard InChI is InChI=1S/C16H16ClN3O2.C7H8N4/c1-2-11-8-10-4-3-5-12(17)14(10)15(19-11)16(22)20-7-6-18-13(21)9-20;1-3-5-6(9-2)7(8)11-4-10-5/h3-5,8H,2,6-7,9H2,1H3,(H,18,21);3-4H,1-2H2,(H2,8,10,11). The number of fused-ring (bicyclic) bond motifs is 1. The van der Waals surface area contributed by atoms with Gasteiger partial charge in [0.1, 0.15) is 17.7 Å². The second-order valence-electron chi connectivity index (χ2n) is 7.09. The van der Waals surface area contributed by atoms with Crippen LogP contribution in [0.4, 0.5) is 11.5 Å². The quantitative estimate of drug-likeness (QED) is 0.570. The summed E-state index contributed by atoms with van der Waals surface area (Å²) in [5.74, 6) is -0.0743. The lowest BCUT2D eigenvalue weighted by Crippen LogP contribution is -2.50. The largest absolute Gasteiger partial charge is 0.382 e. The van der Waals surface area contributed by atoms with E-state index in [1.165, 1.54) is 11.2 Å². The number of aliphatic imine (C=N–C) groups is 1. The Morgan fingerprint density at radius 3 is 2.82 bits per heavy atom. The Balaban J connectivity index is 0.000000235. The predicted octanol–water partition coefficient (Wildman–Crippen LogP) is 3.06. The van der Waals surface area contributed by atoms with Crippen LogP contribution in [-0.2, 0) is 11.2 Å². The van der Waals surface area contributed by atoms with Crippen molar-refractivity contribution in [2.45, 2.75) is 13.3 Å². The molecule has 0 bridgehead atoms. The molecule has 3 aromatic rings. The van der Waals surface area contributed by atoms with Crippen LogP contribution in [-0.4, -0.2) is 58.0 Å². The van der Waals surface area contributed by atoms with Gasteiger partial charge >= 0.3 is 0 Å². The van der Waals surface area contributed by atoms with Gasteiger partial charge in [-0.05, 0) is 36.7 Å². The summed E-state index contributed by atoms with van der Waals surface area (Å²) in [6.07, 6.45) is 3.65. The van der Waals surface area contributed by atoms with Crippen LogP contribution in [0.25, 0.3) is 16.8 Å². The van der Waals surface area contributed by atoms with E-state index in [2.05, 4.69) is 38.6 Å². The van der Waals surface area contributed by atoms with Crippen molar-refractivity contribution in [2.24, 2.45) is 4.99 Å². The van der Waals surface area contributed by atoms with Crippen LogP contribution in [0.3, 0.4) is 0 Å². The molecule has 1 aromatic carbocycles. The number of amides is 2. The Bertz CT molecular complexity index is 1230. The van der Waals surface area contributed by atoms with Gasteiger partial charge < -0.3 is 16.0 Å². The Kier molecular flexibility index (Phi) is 7.68. The number of nitrogen functional groups attached to an aromatic ring is 1. The third kappa shape index (κ3) is 5.32. The van der Waals surface area contributed by atoms with Crippen LogP contribution < -0.4 is 11.1 Å². The van der Waals surface area contributed by atoms with Crippen LogP contribution in [0, 0.1) is 0 Å². The first-order valence-electron chi connectivity index (χ1n) is 10.2. The van der Waals surface area contributed by atoms with E-state index in [1.54, 1.807) is 12.1 Å². The summed E-state index contributed by atoms with van der Waals surface area (Å²) in [5.41, 5.74) is 7.73. The van der Waals surface area contributed by atoms with E-state index in [-0.39, 0.29) is 18.4 Å². The molecular weight excluding hydrogens is 442 g/mol. The number of carbonyl (C=O) groups is 2. The zero-order valence-corrected chi connectivity index (χ0v) is 19.0. The van der Waals surface area contributed by atoms with Crippen molar-refractivity contribution in [3.8, 4) is 0 Å². The number of rotatable bonds is 4. The number of piperazine rings is 1. The maximum absolute atomic E-state index is 12.8. The SMILES string of the molecule is C=Cc1ncnc(N)c1N=C.CCc1cc2cccc(Cl)c2c(C(=O)N2CCNC(=O)C2)n1. The van der Waals surface area contributed by atoms with Crippen LogP contribution >= 0.6 is 11.6 Å². The van der Waals surface area contributed by atoms with Gasteiger partial charge in [-0.15, -0.1) is 0 Å². The molecule has 1 aliphatic heterocycles. The molecule has 2 amide bonds. The first-order valence-corrected chi connectivity index (χ1v) is 10.6. The smallest absolute Gasteiger partial charge is 0.273 e. The Morgan fingerprint density at radius 2 is 2.18 bits per heavy atom. The lowest BCUT2D eigenvalue weighted by Gasteiger charge is -2.27. The number of benzene rings is 1. The van der Waals surface area contributed by atoms with Crippen LogP contribution in [0.2, 0.25) is 5.02 Å². The second kappa shape index (κ2) is 10.6. The number of nitrogens with zero attached hydrogens (tertiary/aromatic N) is 5. The van der Waals surface area contributed by atoms with Crippen LogP contribution in [0.5, 0.6) is 0 Å². The van der Waals surface area contributed by atoms with Crippen molar-refractivity contribution in [3.05, 3.63) is 59.3 Å². The van der Waals surface area contributed by atoms with Gasteiger partial charge in [-0.2, -0.15) is 0 Å². The minimum atomic E-state index is -0.247. The lowest BCUT2D eigenvalue weighted by molar-refractivity contribution is -0.123. The number of nitrogens with one attached hydrogen (secondary N) is 1. The Hall–Kier alpha value is -3.85. The topological polar surface area (TPSA) is 126 Å². The summed E-state index contributed by atoms with van der Waals surface area (Å²) in [5, 5.41) is 4.75. The molecule has 3 N–H and O–H groups in total. The average molecular weight is 466 g/mol. The van der Waals surface area contributed by atoms with Gasteiger partial charge in [0.05, 0.1) is 17.3 Å². The number of carbonyl (C=O) groups excluding carboxylic acids is 2. The number of halogens is 1. The molecule has 3 heterocycles. The molecule has 1 saturated heterocycles. The molecule has 4 rings (SSSR count). The lowest BCUT2D eigenvalue weighted by atomic mass is 10.1. The van der Waals surface area contributed by atoms with E-state index >= 15 is 0 Å². The maximum atomic E-state index is 12.8. The highest BCUT2D eigenvalue weighted by Gasteiger charge is 2.25. The van der Waals surface area contributed by atoms with Crippen molar-refractivity contribution in [1.29, 1.82) is 0 Å². The highest BCUT2D eigenvalue weighted by atomic mass is 35.5. The maximum Gasteiger partial charge on any atom is 0.273 e. The second-order valence-corrected chi connectivity index (χ2v) is 7.49. The van der Waals surface area contributed by atoms with E-state index in [0.717, 1.165) is 17.5 Å². The minimum Gasteiger partial charge on any atom is -0.382 e. The monoisotopic (exact) mass is 465 g/mol. The van der Waals surface area contributed by atoms with Gasteiger partial charge in [0, 0.05) is 24.2 Å². The summed E-state index contributed by atoms with van der Waals surface area (Å²) in [7, 11) is 0. The molecule has 9 nitrogen and oxygen atoms in total. The Morgan fingerprint density at radius 1 is 1.39 bits per heavy atom. The summed E-state index contributed by atoms with van der Waals surface area (Å²) >= 11 is 6.28. The number of anilines is 1. The van der Waals surface area contributed by atoms with E-state index in [9.17, 15) is 9.59 Å². The van der Waals surface area contributed by atoms with Crippen LogP contribution in [0.1, 0.15) is 28.8 Å². The molecule has 0 saturated carbocycles. The molecule has 10 heteroatoms. The van der Waals surface area contributed by atoms with Crippen molar-refractivity contribution < 1.29 is 9.59 Å². The van der Waals surface area contributed by atoms with Gasteiger partial charge in [-0.3, -0.25) is 14.6 Å². The fourth-order valence-corrected chi connectivity index (χ4v) is 3.61. The van der Waals surface area contributed by atoms with Gasteiger partial charge in [0.25, 0.3) is 5.91 Å². The highest BCUT2D eigenvalue weighted by Crippen LogP contribution is 2.28. The van der Waals surface area contributed by atoms with Crippen molar-refractivity contribution in [2.75, 3.05) is 25.4 Å². The molecule has 2 aromatic heterocycles. The summed E-state index contributed by atoms with van der Waals surface area (Å²) in [4.78, 5) is 41.6. The van der Waals surface area contributed by atoms with E-state index in [1.807, 2.05) is 25.1 Å². The zero-order valence-electron chi connectivity index (χ0n) is 18.2. The molecule has 0 radical (unpaired) electrons. The molecular formula is C23H24ClN7O2. The summed E-state index contributed by atoms with van der Waals surface area (Å²) < 4.78 is 0. The van der Waals surface area contributed by atoms with E-state index < -0.39 is 0 Å². The first kappa shape index (κ1) is 23.8.